The van der Waals surface area contributed by atoms with Gasteiger partial charge in [0.2, 0.25) is 0 Å². The molecule has 1 atom stereocenters. The zero-order valence-electron chi connectivity index (χ0n) is 8.23. The SMILES string of the molecule is CC(C)C(O)CNC(=O)c1cncs1. The Morgan fingerprint density at radius 1 is 1.71 bits per heavy atom. The minimum atomic E-state index is -0.494. The van der Waals surface area contributed by atoms with Crippen LogP contribution in [-0.4, -0.2) is 28.6 Å². The van der Waals surface area contributed by atoms with Crippen LogP contribution in [0.2, 0.25) is 0 Å². The number of aliphatic hydroxyl groups excluding tert-OH is 1. The van der Waals surface area contributed by atoms with Crippen LogP contribution < -0.4 is 5.32 Å². The number of aliphatic hydroxyl groups is 1. The Kier molecular flexibility index (Phi) is 4.03. The van der Waals surface area contributed by atoms with Gasteiger partial charge in [-0.1, -0.05) is 13.8 Å². The number of hydrogen-bond acceptors (Lipinski definition) is 4. The van der Waals surface area contributed by atoms with E-state index in [1.165, 1.54) is 17.5 Å². The second-order valence-corrected chi connectivity index (χ2v) is 4.27. The molecule has 1 rings (SSSR count). The molecule has 0 fully saturated rings. The van der Waals surface area contributed by atoms with E-state index in [4.69, 9.17) is 0 Å². The summed E-state index contributed by atoms with van der Waals surface area (Å²) < 4.78 is 0. The zero-order chi connectivity index (χ0) is 10.6. The predicted octanol–water partition coefficient (Wildman–Crippen LogP) is 0.890. The minimum Gasteiger partial charge on any atom is -0.391 e. The molecule has 0 aliphatic rings. The maximum atomic E-state index is 11.4. The maximum Gasteiger partial charge on any atom is 0.263 e. The molecular weight excluding hydrogens is 200 g/mol. The first-order chi connectivity index (χ1) is 6.61. The first-order valence-electron chi connectivity index (χ1n) is 4.46. The van der Waals surface area contributed by atoms with Crippen LogP contribution in [0.1, 0.15) is 23.5 Å². The molecule has 1 heterocycles. The summed E-state index contributed by atoms with van der Waals surface area (Å²) in [5.74, 6) is -0.0241. The van der Waals surface area contributed by atoms with Crippen LogP contribution >= 0.6 is 11.3 Å². The second-order valence-electron chi connectivity index (χ2n) is 3.39. The van der Waals surface area contributed by atoms with Gasteiger partial charge in [-0.25, -0.2) is 0 Å². The molecule has 0 saturated heterocycles. The number of carbonyl (C=O) groups excluding carboxylic acids is 1. The van der Waals surface area contributed by atoms with Crippen molar-refractivity contribution in [2.45, 2.75) is 20.0 Å². The van der Waals surface area contributed by atoms with Crippen LogP contribution in [0.15, 0.2) is 11.7 Å². The first kappa shape index (κ1) is 11.1. The summed E-state index contributed by atoms with van der Waals surface area (Å²) in [4.78, 5) is 15.8. The van der Waals surface area contributed by atoms with Crippen molar-refractivity contribution >= 4 is 17.2 Å². The summed E-state index contributed by atoms with van der Waals surface area (Å²) >= 11 is 1.29. The fourth-order valence-electron chi connectivity index (χ4n) is 0.848. The highest BCUT2D eigenvalue weighted by molar-refractivity contribution is 7.11. The van der Waals surface area contributed by atoms with E-state index >= 15 is 0 Å². The standard InChI is InChI=1S/C9H14N2O2S/c1-6(2)7(12)3-11-9(13)8-4-10-5-14-8/h4-7,12H,3H2,1-2H3,(H,11,13). The summed E-state index contributed by atoms with van der Waals surface area (Å²) in [5.41, 5.74) is 1.60. The van der Waals surface area contributed by atoms with E-state index in [0.29, 0.717) is 4.88 Å². The Morgan fingerprint density at radius 3 is 2.93 bits per heavy atom. The molecule has 1 amide bonds. The van der Waals surface area contributed by atoms with Crippen LogP contribution in [0, 0.1) is 5.92 Å². The number of aromatic nitrogens is 1. The van der Waals surface area contributed by atoms with E-state index in [1.54, 1.807) is 5.51 Å². The van der Waals surface area contributed by atoms with Gasteiger partial charge in [0.1, 0.15) is 4.88 Å². The average Bonchev–Trinajstić information content (AvgIpc) is 2.66. The summed E-state index contributed by atoms with van der Waals surface area (Å²) in [6, 6.07) is 0. The lowest BCUT2D eigenvalue weighted by molar-refractivity contribution is 0.0875. The highest BCUT2D eigenvalue weighted by atomic mass is 32.1. The zero-order valence-corrected chi connectivity index (χ0v) is 9.04. The molecule has 2 N–H and O–H groups in total. The third kappa shape index (κ3) is 3.08. The van der Waals surface area contributed by atoms with E-state index in [0.717, 1.165) is 0 Å². The molecule has 78 valence electrons. The fraction of sp³-hybridized carbons (Fsp3) is 0.556. The molecule has 1 unspecified atom stereocenters. The van der Waals surface area contributed by atoms with Crippen molar-refractivity contribution in [3.63, 3.8) is 0 Å². The van der Waals surface area contributed by atoms with Crippen molar-refractivity contribution in [2.75, 3.05) is 6.54 Å². The van der Waals surface area contributed by atoms with E-state index in [-0.39, 0.29) is 18.4 Å². The van der Waals surface area contributed by atoms with E-state index in [2.05, 4.69) is 10.3 Å². The lowest BCUT2D eigenvalue weighted by Gasteiger charge is -2.14. The van der Waals surface area contributed by atoms with Gasteiger partial charge < -0.3 is 10.4 Å². The van der Waals surface area contributed by atoms with Gasteiger partial charge in [0, 0.05) is 6.54 Å². The van der Waals surface area contributed by atoms with Gasteiger partial charge in [0.25, 0.3) is 5.91 Å². The smallest absolute Gasteiger partial charge is 0.263 e. The van der Waals surface area contributed by atoms with Gasteiger partial charge >= 0.3 is 0 Å². The number of hydrogen-bond donors (Lipinski definition) is 2. The van der Waals surface area contributed by atoms with Gasteiger partial charge in [-0.05, 0) is 5.92 Å². The molecule has 0 saturated carbocycles. The molecule has 1 aromatic heterocycles. The molecule has 0 spiro atoms. The normalized spacial score (nSPS) is 12.9. The first-order valence-corrected chi connectivity index (χ1v) is 5.34. The van der Waals surface area contributed by atoms with Crippen molar-refractivity contribution in [3.8, 4) is 0 Å². The number of amides is 1. The van der Waals surface area contributed by atoms with Crippen molar-refractivity contribution in [1.82, 2.24) is 10.3 Å². The highest BCUT2D eigenvalue weighted by Crippen LogP contribution is 2.05. The number of carbonyl (C=O) groups is 1. The summed E-state index contributed by atoms with van der Waals surface area (Å²) in [7, 11) is 0. The van der Waals surface area contributed by atoms with Gasteiger partial charge in [-0.15, -0.1) is 11.3 Å². The van der Waals surface area contributed by atoms with Gasteiger partial charge in [0.05, 0.1) is 17.8 Å². The number of nitrogens with zero attached hydrogens (tertiary/aromatic N) is 1. The molecule has 0 aliphatic heterocycles. The Bertz CT molecular complexity index is 285. The Balaban J connectivity index is 2.36. The van der Waals surface area contributed by atoms with Crippen molar-refractivity contribution in [2.24, 2.45) is 5.92 Å². The van der Waals surface area contributed by atoms with Crippen LogP contribution in [0.5, 0.6) is 0 Å². The summed E-state index contributed by atoms with van der Waals surface area (Å²) in [6.07, 6.45) is 1.02. The van der Waals surface area contributed by atoms with E-state index in [1.807, 2.05) is 13.8 Å². The predicted molar refractivity (Wildman–Crippen MR) is 55.3 cm³/mol. The third-order valence-corrected chi connectivity index (χ3v) is 2.67. The van der Waals surface area contributed by atoms with Crippen LogP contribution in [-0.2, 0) is 0 Å². The Labute approximate surface area is 87.0 Å². The van der Waals surface area contributed by atoms with Crippen molar-refractivity contribution in [1.29, 1.82) is 0 Å². The molecule has 1 aromatic rings. The van der Waals surface area contributed by atoms with Crippen LogP contribution in [0.3, 0.4) is 0 Å². The fourth-order valence-corrected chi connectivity index (χ4v) is 1.38. The third-order valence-electron chi connectivity index (χ3n) is 1.90. The average molecular weight is 214 g/mol. The molecule has 0 bridgehead atoms. The lowest BCUT2D eigenvalue weighted by atomic mass is 10.1. The number of nitrogens with one attached hydrogen (secondary N) is 1. The van der Waals surface area contributed by atoms with Crippen molar-refractivity contribution in [3.05, 3.63) is 16.6 Å². The van der Waals surface area contributed by atoms with Gasteiger partial charge in [0.15, 0.2) is 0 Å². The second kappa shape index (κ2) is 5.07. The van der Waals surface area contributed by atoms with Crippen LogP contribution in [0.25, 0.3) is 0 Å². The van der Waals surface area contributed by atoms with E-state index in [9.17, 15) is 9.90 Å². The van der Waals surface area contributed by atoms with Crippen molar-refractivity contribution < 1.29 is 9.90 Å². The highest BCUT2D eigenvalue weighted by Gasteiger charge is 2.12. The van der Waals surface area contributed by atoms with Gasteiger partial charge in [-0.2, -0.15) is 0 Å². The monoisotopic (exact) mass is 214 g/mol. The largest absolute Gasteiger partial charge is 0.391 e. The molecule has 5 heteroatoms. The van der Waals surface area contributed by atoms with Crippen LogP contribution in [0.4, 0.5) is 0 Å². The van der Waals surface area contributed by atoms with Gasteiger partial charge in [-0.3, -0.25) is 9.78 Å². The lowest BCUT2D eigenvalue weighted by Crippen LogP contribution is -2.34. The molecule has 4 nitrogen and oxygen atoms in total. The van der Waals surface area contributed by atoms with E-state index < -0.39 is 6.10 Å². The molecular formula is C9H14N2O2S. The summed E-state index contributed by atoms with van der Waals surface area (Å²) in [6.45, 7) is 4.10. The molecule has 0 aromatic carbocycles. The Hall–Kier alpha value is -0.940. The Morgan fingerprint density at radius 2 is 2.43 bits per heavy atom. The quantitative estimate of drug-likeness (QED) is 0.782. The minimum absolute atomic E-state index is 0.150. The summed E-state index contributed by atoms with van der Waals surface area (Å²) in [5, 5.41) is 12.1. The molecule has 0 radical (unpaired) electrons. The molecule has 0 aliphatic carbocycles. The number of rotatable bonds is 4. The topological polar surface area (TPSA) is 62.2 Å². The number of thiazole rings is 1. The maximum absolute atomic E-state index is 11.4. The molecule has 14 heavy (non-hydrogen) atoms.